The maximum Gasteiger partial charge on any atom is 0.241 e. The van der Waals surface area contributed by atoms with E-state index in [1.54, 1.807) is 18.3 Å². The quantitative estimate of drug-likeness (QED) is 0.642. The molecule has 1 aromatic heterocycles. The second kappa shape index (κ2) is 9.88. The molecular weight excluding hydrogens is 408 g/mol. The zero-order chi connectivity index (χ0) is 22.5. The number of hydrazine groups is 1. The van der Waals surface area contributed by atoms with Crippen LogP contribution in [0.25, 0.3) is 0 Å². The van der Waals surface area contributed by atoms with Crippen LogP contribution in [0.15, 0.2) is 48.8 Å². The van der Waals surface area contributed by atoms with Crippen molar-refractivity contribution in [3.63, 3.8) is 0 Å². The predicted octanol–water partition coefficient (Wildman–Crippen LogP) is 0.861. The van der Waals surface area contributed by atoms with Crippen LogP contribution in [0.5, 0.6) is 0 Å². The molecular formula is C23H28N6O3. The Balaban J connectivity index is 1.24. The Morgan fingerprint density at radius 1 is 1.03 bits per heavy atom. The van der Waals surface area contributed by atoms with Gasteiger partial charge in [-0.05, 0) is 35.7 Å². The van der Waals surface area contributed by atoms with Crippen molar-refractivity contribution in [1.29, 1.82) is 0 Å². The molecule has 0 spiro atoms. The molecule has 2 fully saturated rings. The smallest absolute Gasteiger partial charge is 0.241 e. The first kappa shape index (κ1) is 21.9. The van der Waals surface area contributed by atoms with Gasteiger partial charge in [0.15, 0.2) is 0 Å². The fraction of sp³-hybridized carbons (Fsp3) is 0.391. The summed E-state index contributed by atoms with van der Waals surface area (Å²) in [6.07, 6.45) is 4.51. The molecule has 2 atom stereocenters. The van der Waals surface area contributed by atoms with Crippen molar-refractivity contribution in [2.45, 2.75) is 31.8 Å². The van der Waals surface area contributed by atoms with Gasteiger partial charge in [0.25, 0.3) is 0 Å². The molecule has 0 bridgehead atoms. The maximum atomic E-state index is 12.9. The Labute approximate surface area is 187 Å². The van der Waals surface area contributed by atoms with Crippen LogP contribution in [0.4, 0.5) is 5.69 Å². The lowest BCUT2D eigenvalue weighted by Crippen LogP contribution is -2.54. The summed E-state index contributed by atoms with van der Waals surface area (Å²) in [6, 6.07) is 10.9. The lowest BCUT2D eigenvalue weighted by atomic mass is 10.0. The van der Waals surface area contributed by atoms with E-state index in [1.165, 1.54) is 6.92 Å². The molecule has 2 saturated heterocycles. The van der Waals surface area contributed by atoms with Crippen molar-refractivity contribution >= 4 is 23.4 Å². The van der Waals surface area contributed by atoms with E-state index in [4.69, 9.17) is 0 Å². The summed E-state index contributed by atoms with van der Waals surface area (Å²) in [7, 11) is 0. The normalized spacial score (nSPS) is 20.8. The summed E-state index contributed by atoms with van der Waals surface area (Å²) in [5.41, 5.74) is 8.95. The Hall–Kier alpha value is -3.30. The number of aromatic nitrogens is 1. The Morgan fingerprint density at radius 2 is 1.75 bits per heavy atom. The third-order valence-electron chi connectivity index (χ3n) is 5.86. The van der Waals surface area contributed by atoms with Crippen LogP contribution in [0.3, 0.4) is 0 Å². The number of benzene rings is 1. The van der Waals surface area contributed by atoms with Crippen LogP contribution in [0, 0.1) is 0 Å². The van der Waals surface area contributed by atoms with Gasteiger partial charge in [0.1, 0.15) is 6.04 Å². The van der Waals surface area contributed by atoms with Crippen molar-refractivity contribution in [2.24, 2.45) is 0 Å². The molecule has 2 aromatic rings. The van der Waals surface area contributed by atoms with E-state index in [0.717, 1.165) is 11.1 Å². The van der Waals surface area contributed by atoms with E-state index >= 15 is 0 Å². The lowest BCUT2D eigenvalue weighted by molar-refractivity contribution is -0.140. The summed E-state index contributed by atoms with van der Waals surface area (Å²) in [5.74, 6) is -0.0244. The van der Waals surface area contributed by atoms with Crippen molar-refractivity contribution < 1.29 is 14.4 Å². The highest BCUT2D eigenvalue weighted by molar-refractivity contribution is 5.88. The molecule has 2 aliphatic heterocycles. The number of rotatable bonds is 5. The predicted molar refractivity (Wildman–Crippen MR) is 119 cm³/mol. The van der Waals surface area contributed by atoms with E-state index in [1.807, 2.05) is 40.3 Å². The molecule has 2 unspecified atom stereocenters. The summed E-state index contributed by atoms with van der Waals surface area (Å²) >= 11 is 0. The number of hydrogen-bond acceptors (Lipinski definition) is 6. The molecule has 9 heteroatoms. The molecule has 3 heterocycles. The molecule has 32 heavy (non-hydrogen) atoms. The number of nitrogens with one attached hydrogen (secondary N) is 3. The number of piperazine rings is 1. The van der Waals surface area contributed by atoms with E-state index in [2.05, 4.69) is 21.2 Å². The average molecular weight is 437 g/mol. The van der Waals surface area contributed by atoms with Crippen molar-refractivity contribution in [1.82, 2.24) is 25.6 Å². The molecule has 2 aliphatic rings. The number of carbonyl (C=O) groups is 3. The Morgan fingerprint density at radius 3 is 2.41 bits per heavy atom. The van der Waals surface area contributed by atoms with Crippen LogP contribution in [-0.4, -0.2) is 64.7 Å². The van der Waals surface area contributed by atoms with Gasteiger partial charge in [0.2, 0.25) is 17.7 Å². The zero-order valence-electron chi connectivity index (χ0n) is 18.1. The van der Waals surface area contributed by atoms with Gasteiger partial charge in [-0.1, -0.05) is 18.2 Å². The van der Waals surface area contributed by atoms with E-state index in [0.29, 0.717) is 44.7 Å². The average Bonchev–Trinajstić information content (AvgIpc) is 3.31. The van der Waals surface area contributed by atoms with Crippen LogP contribution < -0.4 is 16.2 Å². The van der Waals surface area contributed by atoms with Gasteiger partial charge in [-0.3, -0.25) is 19.4 Å². The van der Waals surface area contributed by atoms with Gasteiger partial charge in [0, 0.05) is 57.2 Å². The Bertz CT molecular complexity index is 957. The van der Waals surface area contributed by atoms with Crippen LogP contribution >= 0.6 is 0 Å². The standard InChI is InChI=1S/C23H28N6O3/c1-16(30)25-19-6-4-17(5-7-19)13-22(31)28-9-11-29(12-10-28)23(32)21-14-20(26-27-21)18-3-2-8-24-15-18/h2-8,15,20-21,26-27H,9-14H2,1H3,(H,25,30). The third-order valence-corrected chi connectivity index (χ3v) is 5.86. The molecule has 0 radical (unpaired) electrons. The first-order valence-corrected chi connectivity index (χ1v) is 10.8. The zero-order valence-corrected chi connectivity index (χ0v) is 18.1. The SMILES string of the molecule is CC(=O)Nc1ccc(CC(=O)N2CCN(C(=O)C3CC(c4cccnc4)NN3)CC2)cc1. The van der Waals surface area contributed by atoms with Gasteiger partial charge in [-0.2, -0.15) is 0 Å². The van der Waals surface area contributed by atoms with Crippen LogP contribution in [0.1, 0.15) is 30.5 Å². The second-order valence-corrected chi connectivity index (χ2v) is 8.18. The Kier molecular flexibility index (Phi) is 6.77. The second-order valence-electron chi connectivity index (χ2n) is 8.18. The maximum absolute atomic E-state index is 12.9. The minimum Gasteiger partial charge on any atom is -0.339 e. The highest BCUT2D eigenvalue weighted by atomic mass is 16.2. The van der Waals surface area contributed by atoms with E-state index in [9.17, 15) is 14.4 Å². The van der Waals surface area contributed by atoms with Gasteiger partial charge < -0.3 is 15.1 Å². The number of nitrogens with zero attached hydrogens (tertiary/aromatic N) is 3. The number of amides is 3. The van der Waals surface area contributed by atoms with E-state index in [-0.39, 0.29) is 29.8 Å². The number of carbonyl (C=O) groups excluding carboxylic acids is 3. The third kappa shape index (κ3) is 5.30. The first-order chi connectivity index (χ1) is 15.5. The van der Waals surface area contributed by atoms with Crippen molar-refractivity contribution in [2.75, 3.05) is 31.5 Å². The van der Waals surface area contributed by atoms with Gasteiger partial charge in [0.05, 0.1) is 6.42 Å². The molecule has 3 N–H and O–H groups in total. The van der Waals surface area contributed by atoms with Gasteiger partial charge in [-0.15, -0.1) is 0 Å². The molecule has 9 nitrogen and oxygen atoms in total. The molecule has 0 saturated carbocycles. The fourth-order valence-corrected chi connectivity index (χ4v) is 4.11. The van der Waals surface area contributed by atoms with Crippen molar-refractivity contribution in [3.05, 3.63) is 59.9 Å². The van der Waals surface area contributed by atoms with E-state index < -0.39 is 0 Å². The topological polar surface area (TPSA) is 107 Å². The monoisotopic (exact) mass is 436 g/mol. The largest absolute Gasteiger partial charge is 0.339 e. The summed E-state index contributed by atoms with van der Waals surface area (Å²) in [5, 5.41) is 2.71. The van der Waals surface area contributed by atoms with Gasteiger partial charge in [-0.25, -0.2) is 10.9 Å². The first-order valence-electron chi connectivity index (χ1n) is 10.8. The summed E-state index contributed by atoms with van der Waals surface area (Å²) in [6.45, 7) is 3.57. The fourth-order valence-electron chi connectivity index (χ4n) is 4.11. The molecule has 1 aromatic carbocycles. The van der Waals surface area contributed by atoms with Crippen LogP contribution in [-0.2, 0) is 20.8 Å². The lowest BCUT2D eigenvalue weighted by Gasteiger charge is -2.36. The molecule has 0 aliphatic carbocycles. The molecule has 3 amide bonds. The number of anilines is 1. The molecule has 168 valence electrons. The van der Waals surface area contributed by atoms with Gasteiger partial charge >= 0.3 is 0 Å². The number of hydrogen-bond donors (Lipinski definition) is 3. The minimum absolute atomic E-state index is 0.0432. The molecule has 4 rings (SSSR count). The summed E-state index contributed by atoms with van der Waals surface area (Å²) < 4.78 is 0. The minimum atomic E-state index is -0.287. The highest BCUT2D eigenvalue weighted by Crippen LogP contribution is 2.22. The number of pyridine rings is 1. The summed E-state index contributed by atoms with van der Waals surface area (Å²) in [4.78, 5) is 44.5. The highest BCUT2D eigenvalue weighted by Gasteiger charge is 2.34. The van der Waals surface area contributed by atoms with Crippen LogP contribution in [0.2, 0.25) is 0 Å². The van der Waals surface area contributed by atoms with Crippen molar-refractivity contribution in [3.8, 4) is 0 Å².